The molecule has 0 bridgehead atoms. The Labute approximate surface area is 75.9 Å². The van der Waals surface area contributed by atoms with Crippen molar-refractivity contribution in [3.8, 4) is 0 Å². The highest BCUT2D eigenvalue weighted by molar-refractivity contribution is 4.67. The van der Waals surface area contributed by atoms with Crippen LogP contribution in [-0.4, -0.2) is 37.7 Å². The largest absolute Gasteiger partial charge is 0.379 e. The Morgan fingerprint density at radius 1 is 1.17 bits per heavy atom. The Morgan fingerprint density at radius 3 is 2.25 bits per heavy atom. The lowest BCUT2D eigenvalue weighted by molar-refractivity contribution is 0.0287. The van der Waals surface area contributed by atoms with E-state index in [1.54, 1.807) is 0 Å². The first-order valence-corrected chi connectivity index (χ1v) is 5.00. The number of ether oxygens (including phenoxy) is 1. The molecule has 72 valence electrons. The molecule has 1 aliphatic heterocycles. The summed E-state index contributed by atoms with van der Waals surface area (Å²) in [5, 5.41) is 0. The van der Waals surface area contributed by atoms with Crippen LogP contribution < -0.4 is 0 Å². The summed E-state index contributed by atoms with van der Waals surface area (Å²) < 4.78 is 5.30. The van der Waals surface area contributed by atoms with Gasteiger partial charge in [-0.2, -0.15) is 0 Å². The molecule has 12 heavy (non-hydrogen) atoms. The maximum absolute atomic E-state index is 5.30. The van der Waals surface area contributed by atoms with E-state index < -0.39 is 0 Å². The number of hydrogen-bond acceptors (Lipinski definition) is 2. The number of nitrogens with zero attached hydrogens (tertiary/aromatic N) is 1. The Kier molecular flexibility index (Phi) is 4.02. The van der Waals surface area contributed by atoms with Gasteiger partial charge in [0.05, 0.1) is 13.2 Å². The van der Waals surface area contributed by atoms with E-state index in [0.717, 1.165) is 38.1 Å². The zero-order chi connectivity index (χ0) is 8.97. The summed E-state index contributed by atoms with van der Waals surface area (Å²) in [6.07, 6.45) is 0. The molecule has 1 atom stereocenters. The maximum atomic E-state index is 5.30. The smallest absolute Gasteiger partial charge is 0.0594 e. The minimum atomic E-state index is 0.799. The molecule has 2 nitrogen and oxygen atoms in total. The molecular weight excluding hydrogens is 150 g/mol. The Bertz CT molecular complexity index is 119. The van der Waals surface area contributed by atoms with Crippen molar-refractivity contribution in [1.82, 2.24) is 4.90 Å². The Balaban J connectivity index is 2.20. The molecule has 0 N–H and O–H groups in total. The number of morpholine rings is 1. The van der Waals surface area contributed by atoms with Crippen LogP contribution in [0.4, 0.5) is 0 Å². The molecule has 1 aliphatic rings. The van der Waals surface area contributed by atoms with Crippen LogP contribution in [-0.2, 0) is 4.74 Å². The van der Waals surface area contributed by atoms with Crippen molar-refractivity contribution in [3.63, 3.8) is 0 Å². The molecule has 0 radical (unpaired) electrons. The maximum Gasteiger partial charge on any atom is 0.0594 e. The van der Waals surface area contributed by atoms with Crippen molar-refractivity contribution >= 4 is 0 Å². The van der Waals surface area contributed by atoms with E-state index in [2.05, 4.69) is 25.7 Å². The van der Waals surface area contributed by atoms with Gasteiger partial charge in [-0.1, -0.05) is 20.8 Å². The van der Waals surface area contributed by atoms with Crippen LogP contribution in [0.15, 0.2) is 0 Å². The van der Waals surface area contributed by atoms with Gasteiger partial charge in [-0.25, -0.2) is 0 Å². The molecule has 1 unspecified atom stereocenters. The molecule has 1 saturated heterocycles. The van der Waals surface area contributed by atoms with Gasteiger partial charge >= 0.3 is 0 Å². The predicted molar refractivity (Wildman–Crippen MR) is 51.3 cm³/mol. The van der Waals surface area contributed by atoms with Crippen LogP contribution in [0.1, 0.15) is 20.8 Å². The average Bonchev–Trinajstić information content (AvgIpc) is 2.06. The predicted octanol–water partition coefficient (Wildman–Crippen LogP) is 1.61. The van der Waals surface area contributed by atoms with Crippen molar-refractivity contribution in [1.29, 1.82) is 0 Å². The first kappa shape index (κ1) is 10.0. The first-order chi connectivity index (χ1) is 5.70. The second-order valence-electron chi connectivity index (χ2n) is 4.13. The molecule has 1 heterocycles. The van der Waals surface area contributed by atoms with Gasteiger partial charge in [0.1, 0.15) is 0 Å². The molecule has 0 aromatic carbocycles. The first-order valence-electron chi connectivity index (χ1n) is 5.00. The minimum Gasteiger partial charge on any atom is -0.379 e. The van der Waals surface area contributed by atoms with Crippen LogP contribution in [0.3, 0.4) is 0 Å². The van der Waals surface area contributed by atoms with E-state index in [1.807, 2.05) is 0 Å². The summed E-state index contributed by atoms with van der Waals surface area (Å²) in [5.41, 5.74) is 0. The van der Waals surface area contributed by atoms with Crippen LogP contribution in [0.25, 0.3) is 0 Å². The SMILES string of the molecule is CC(C)C(C)CN1CCOCC1. The van der Waals surface area contributed by atoms with Gasteiger partial charge in [-0.3, -0.25) is 4.90 Å². The highest BCUT2D eigenvalue weighted by Crippen LogP contribution is 2.12. The normalized spacial score (nSPS) is 23.0. The quantitative estimate of drug-likeness (QED) is 0.639. The Hall–Kier alpha value is -0.0800. The highest BCUT2D eigenvalue weighted by Gasteiger charge is 2.15. The third kappa shape index (κ3) is 3.11. The van der Waals surface area contributed by atoms with E-state index in [1.165, 1.54) is 6.54 Å². The van der Waals surface area contributed by atoms with E-state index >= 15 is 0 Å². The minimum absolute atomic E-state index is 0.799. The monoisotopic (exact) mass is 171 g/mol. The van der Waals surface area contributed by atoms with E-state index in [0.29, 0.717) is 0 Å². The third-order valence-corrected chi connectivity index (χ3v) is 2.79. The summed E-state index contributed by atoms with van der Waals surface area (Å²) >= 11 is 0. The number of rotatable bonds is 3. The van der Waals surface area contributed by atoms with Crippen molar-refractivity contribution in [2.24, 2.45) is 11.8 Å². The third-order valence-electron chi connectivity index (χ3n) is 2.79. The fourth-order valence-corrected chi connectivity index (χ4v) is 1.40. The zero-order valence-electron chi connectivity index (χ0n) is 8.55. The molecule has 0 aliphatic carbocycles. The Morgan fingerprint density at radius 2 is 1.75 bits per heavy atom. The summed E-state index contributed by atoms with van der Waals surface area (Å²) in [7, 11) is 0. The van der Waals surface area contributed by atoms with Gasteiger partial charge < -0.3 is 4.74 Å². The van der Waals surface area contributed by atoms with Crippen molar-refractivity contribution in [2.75, 3.05) is 32.8 Å². The van der Waals surface area contributed by atoms with Gasteiger partial charge in [0, 0.05) is 19.6 Å². The van der Waals surface area contributed by atoms with Crippen LogP contribution in [0.2, 0.25) is 0 Å². The molecule has 2 heteroatoms. The van der Waals surface area contributed by atoms with Gasteiger partial charge in [-0.05, 0) is 11.8 Å². The van der Waals surface area contributed by atoms with Crippen LogP contribution in [0, 0.1) is 11.8 Å². The van der Waals surface area contributed by atoms with Gasteiger partial charge in [0.15, 0.2) is 0 Å². The summed E-state index contributed by atoms with van der Waals surface area (Å²) in [4.78, 5) is 2.51. The molecule has 1 rings (SSSR count). The van der Waals surface area contributed by atoms with Crippen molar-refractivity contribution < 1.29 is 4.74 Å². The van der Waals surface area contributed by atoms with Crippen LogP contribution >= 0.6 is 0 Å². The summed E-state index contributed by atoms with van der Waals surface area (Å²) in [5.74, 6) is 1.61. The summed E-state index contributed by atoms with van der Waals surface area (Å²) in [6, 6.07) is 0. The van der Waals surface area contributed by atoms with E-state index in [-0.39, 0.29) is 0 Å². The molecule has 1 fully saturated rings. The lowest BCUT2D eigenvalue weighted by atomic mass is 9.97. The molecular formula is C10H21NO. The molecule has 0 aromatic rings. The molecule has 0 amide bonds. The standard InChI is InChI=1S/C10H21NO/c1-9(2)10(3)8-11-4-6-12-7-5-11/h9-10H,4-8H2,1-3H3. The fraction of sp³-hybridized carbons (Fsp3) is 1.00. The lowest BCUT2D eigenvalue weighted by Crippen LogP contribution is -2.39. The van der Waals surface area contributed by atoms with Crippen molar-refractivity contribution in [3.05, 3.63) is 0 Å². The van der Waals surface area contributed by atoms with E-state index in [4.69, 9.17) is 4.74 Å². The van der Waals surface area contributed by atoms with Crippen molar-refractivity contribution in [2.45, 2.75) is 20.8 Å². The highest BCUT2D eigenvalue weighted by atomic mass is 16.5. The second kappa shape index (κ2) is 4.83. The summed E-state index contributed by atoms with van der Waals surface area (Å²) in [6.45, 7) is 12.3. The zero-order valence-corrected chi connectivity index (χ0v) is 8.55. The van der Waals surface area contributed by atoms with E-state index in [9.17, 15) is 0 Å². The van der Waals surface area contributed by atoms with Gasteiger partial charge in [-0.15, -0.1) is 0 Å². The van der Waals surface area contributed by atoms with Gasteiger partial charge in [0.25, 0.3) is 0 Å². The molecule has 0 aromatic heterocycles. The van der Waals surface area contributed by atoms with Gasteiger partial charge in [0.2, 0.25) is 0 Å². The molecule has 0 spiro atoms. The fourth-order valence-electron chi connectivity index (χ4n) is 1.40. The second-order valence-corrected chi connectivity index (χ2v) is 4.13. The number of hydrogen-bond donors (Lipinski definition) is 0. The van der Waals surface area contributed by atoms with Crippen LogP contribution in [0.5, 0.6) is 0 Å². The average molecular weight is 171 g/mol. The topological polar surface area (TPSA) is 12.5 Å². The molecule has 0 saturated carbocycles. The lowest BCUT2D eigenvalue weighted by Gasteiger charge is -2.30.